The zero-order valence-corrected chi connectivity index (χ0v) is 22.0. The van der Waals surface area contributed by atoms with Crippen molar-refractivity contribution in [1.82, 2.24) is 4.90 Å². The van der Waals surface area contributed by atoms with E-state index in [0.717, 1.165) is 50.8 Å². The van der Waals surface area contributed by atoms with Crippen LogP contribution in [0.2, 0.25) is 0 Å². The molecule has 4 aliphatic carbocycles. The van der Waals surface area contributed by atoms with Crippen molar-refractivity contribution < 1.29 is 19.7 Å². The van der Waals surface area contributed by atoms with E-state index in [4.69, 9.17) is 4.74 Å². The van der Waals surface area contributed by atoms with Gasteiger partial charge in [0.2, 0.25) is 0 Å². The summed E-state index contributed by atoms with van der Waals surface area (Å²) in [6.45, 7) is 3.74. The number of aliphatic hydroxyl groups is 2. The summed E-state index contributed by atoms with van der Waals surface area (Å²) in [5.41, 5.74) is 4.28. The number of carbonyl (C=O) groups excluding carboxylic acids is 1. The normalized spacial score (nSPS) is 34.0. The van der Waals surface area contributed by atoms with E-state index in [1.165, 1.54) is 22.3 Å². The van der Waals surface area contributed by atoms with Crippen molar-refractivity contribution in [2.24, 2.45) is 17.3 Å². The van der Waals surface area contributed by atoms with Gasteiger partial charge in [-0.2, -0.15) is 0 Å². The Balaban J connectivity index is 1.54. The molecule has 0 saturated heterocycles. The number of likely N-dealkylation sites (N-methyl/N-ethyl adjacent to an activating group) is 1. The first-order chi connectivity index (χ1) is 17.3. The number of carbonyl (C=O) groups is 1. The zero-order chi connectivity index (χ0) is 25.5. The summed E-state index contributed by atoms with van der Waals surface area (Å²) >= 11 is 0. The van der Waals surface area contributed by atoms with E-state index < -0.39 is 5.60 Å². The van der Waals surface area contributed by atoms with E-state index in [0.29, 0.717) is 24.9 Å². The number of nitrogens with zero attached hydrogens (tertiary/aromatic N) is 1. The maximum absolute atomic E-state index is 12.2. The molecule has 36 heavy (non-hydrogen) atoms. The Hall–Kier alpha value is -2.21. The van der Waals surface area contributed by atoms with Crippen molar-refractivity contribution in [3.8, 4) is 5.75 Å². The van der Waals surface area contributed by atoms with Crippen LogP contribution in [0.4, 0.5) is 0 Å². The van der Waals surface area contributed by atoms with E-state index in [2.05, 4.69) is 36.1 Å². The van der Waals surface area contributed by atoms with E-state index in [-0.39, 0.29) is 23.7 Å². The van der Waals surface area contributed by atoms with E-state index in [9.17, 15) is 15.0 Å². The van der Waals surface area contributed by atoms with Crippen LogP contribution in [0.3, 0.4) is 0 Å². The summed E-state index contributed by atoms with van der Waals surface area (Å²) in [5, 5.41) is 21.3. The molecule has 2 fully saturated rings. The lowest BCUT2D eigenvalue weighted by Gasteiger charge is -2.54. The molecule has 0 unspecified atom stereocenters. The highest BCUT2D eigenvalue weighted by atomic mass is 16.5. The largest absolute Gasteiger partial charge is 0.492 e. The minimum atomic E-state index is -0.914. The van der Waals surface area contributed by atoms with Gasteiger partial charge in [-0.3, -0.25) is 4.79 Å². The third-order valence-corrected chi connectivity index (χ3v) is 9.54. The Labute approximate surface area is 215 Å². The highest BCUT2D eigenvalue weighted by Crippen LogP contribution is 2.67. The predicted octanol–water partition coefficient (Wildman–Crippen LogP) is 4.81. The summed E-state index contributed by atoms with van der Waals surface area (Å²) in [6.07, 6.45) is 11.5. The molecule has 5 nitrogen and oxygen atoms in total. The van der Waals surface area contributed by atoms with Gasteiger partial charge in [-0.1, -0.05) is 36.8 Å². The highest BCUT2D eigenvalue weighted by molar-refractivity contribution is 5.93. The summed E-state index contributed by atoms with van der Waals surface area (Å²) in [6, 6.07) is 8.56. The van der Waals surface area contributed by atoms with E-state index in [1.807, 2.05) is 26.2 Å². The number of benzene rings is 1. The number of allylic oxidation sites excluding steroid dienone is 4. The van der Waals surface area contributed by atoms with Crippen LogP contribution in [0.5, 0.6) is 5.75 Å². The topological polar surface area (TPSA) is 70.0 Å². The Morgan fingerprint density at radius 1 is 1.14 bits per heavy atom. The van der Waals surface area contributed by atoms with Crippen LogP contribution in [-0.2, 0) is 4.79 Å². The Morgan fingerprint density at radius 3 is 2.64 bits per heavy atom. The van der Waals surface area contributed by atoms with Gasteiger partial charge < -0.3 is 19.8 Å². The number of fused-ring (bicyclic) bond motifs is 4. The first-order valence-electron chi connectivity index (χ1n) is 13.6. The summed E-state index contributed by atoms with van der Waals surface area (Å²) in [5.74, 6) is 2.16. The summed E-state index contributed by atoms with van der Waals surface area (Å²) < 4.78 is 5.96. The fraction of sp³-hybridized carbons (Fsp3) is 0.581. The van der Waals surface area contributed by atoms with Gasteiger partial charge in [0.1, 0.15) is 12.4 Å². The molecule has 5 atom stereocenters. The molecule has 0 aromatic heterocycles. The molecular formula is C31H41NO4. The Bertz CT molecular complexity index is 1080. The fourth-order valence-electron chi connectivity index (χ4n) is 7.66. The van der Waals surface area contributed by atoms with Gasteiger partial charge in [-0.25, -0.2) is 0 Å². The van der Waals surface area contributed by atoms with Gasteiger partial charge >= 0.3 is 0 Å². The van der Waals surface area contributed by atoms with Gasteiger partial charge in [0.05, 0.1) is 12.2 Å². The molecule has 2 saturated carbocycles. The van der Waals surface area contributed by atoms with Crippen LogP contribution in [-0.4, -0.2) is 60.4 Å². The highest BCUT2D eigenvalue weighted by Gasteiger charge is 2.61. The molecule has 1 aromatic carbocycles. The molecule has 0 radical (unpaired) electrons. The molecule has 0 bridgehead atoms. The predicted molar refractivity (Wildman–Crippen MR) is 142 cm³/mol. The fourth-order valence-corrected chi connectivity index (χ4v) is 7.66. The molecule has 0 heterocycles. The number of ketones is 1. The van der Waals surface area contributed by atoms with Gasteiger partial charge in [0.25, 0.3) is 0 Å². The van der Waals surface area contributed by atoms with Crippen molar-refractivity contribution in [1.29, 1.82) is 0 Å². The van der Waals surface area contributed by atoms with Gasteiger partial charge in [-0.15, -0.1) is 0 Å². The van der Waals surface area contributed by atoms with Gasteiger partial charge in [-0.05, 0) is 99.4 Å². The second kappa shape index (κ2) is 9.92. The molecule has 0 amide bonds. The standard InChI is InChI=1S/C31H41NO4/c1-30-20-27(21-5-9-24(10-6-21)36-18-16-32(2)3)29-25-12-8-23(34)19-22(25)7-11-26(29)28(30)13-15-31(30,35)14-4-17-33/h4-6,9-10,14,19,26-28,33,35H,7-8,11-13,15-18,20H2,1-3H3/t26-,27+,28-,30-,31-/m0/s1. The second-order valence-corrected chi connectivity index (χ2v) is 11.8. The van der Waals surface area contributed by atoms with Crippen molar-refractivity contribution in [3.63, 3.8) is 0 Å². The molecule has 5 heteroatoms. The number of hydrogen-bond acceptors (Lipinski definition) is 5. The van der Waals surface area contributed by atoms with Crippen LogP contribution < -0.4 is 4.74 Å². The van der Waals surface area contributed by atoms with Crippen LogP contribution in [0.1, 0.15) is 63.4 Å². The maximum atomic E-state index is 12.2. The SMILES string of the molecule is CN(C)CCOc1ccc([C@H]2C[C@@]3(C)[C@@H](CC[C@@]3(O)C=CCO)[C@@H]3CCC4=CC(=O)CCC4=C32)cc1. The zero-order valence-electron chi connectivity index (χ0n) is 22.0. The molecule has 0 spiro atoms. The molecule has 4 aliphatic rings. The Morgan fingerprint density at radius 2 is 1.92 bits per heavy atom. The lowest BCUT2D eigenvalue weighted by Crippen LogP contribution is -2.50. The van der Waals surface area contributed by atoms with Crippen molar-refractivity contribution >= 4 is 5.78 Å². The number of aliphatic hydroxyl groups excluding tert-OH is 1. The van der Waals surface area contributed by atoms with E-state index in [1.54, 1.807) is 6.08 Å². The molecule has 5 rings (SSSR count). The third-order valence-electron chi connectivity index (χ3n) is 9.54. The molecular weight excluding hydrogens is 450 g/mol. The molecule has 2 N–H and O–H groups in total. The first-order valence-corrected chi connectivity index (χ1v) is 13.6. The number of ether oxygens (including phenoxy) is 1. The quantitative estimate of drug-likeness (QED) is 0.536. The maximum Gasteiger partial charge on any atom is 0.156 e. The smallest absolute Gasteiger partial charge is 0.156 e. The first kappa shape index (κ1) is 25.4. The van der Waals surface area contributed by atoms with E-state index >= 15 is 0 Å². The van der Waals surface area contributed by atoms with Crippen LogP contribution in [0, 0.1) is 17.3 Å². The average Bonchev–Trinajstić information content (AvgIpc) is 3.12. The third kappa shape index (κ3) is 4.40. The van der Waals surface area contributed by atoms with Crippen LogP contribution >= 0.6 is 0 Å². The monoisotopic (exact) mass is 491 g/mol. The summed E-state index contributed by atoms with van der Waals surface area (Å²) in [7, 11) is 4.08. The van der Waals surface area contributed by atoms with Crippen LogP contribution in [0.15, 0.2) is 59.2 Å². The minimum Gasteiger partial charge on any atom is -0.492 e. The molecule has 1 aromatic rings. The second-order valence-electron chi connectivity index (χ2n) is 11.8. The minimum absolute atomic E-state index is 0.0529. The van der Waals surface area contributed by atoms with Crippen molar-refractivity contribution in [2.45, 2.75) is 63.4 Å². The van der Waals surface area contributed by atoms with Crippen molar-refractivity contribution in [2.75, 3.05) is 33.9 Å². The summed E-state index contributed by atoms with van der Waals surface area (Å²) in [4.78, 5) is 14.3. The van der Waals surface area contributed by atoms with Crippen molar-refractivity contribution in [3.05, 3.63) is 64.8 Å². The molecule has 0 aliphatic heterocycles. The van der Waals surface area contributed by atoms with Gasteiger partial charge in [0.15, 0.2) is 5.78 Å². The number of rotatable bonds is 7. The number of hydrogen-bond donors (Lipinski definition) is 2. The molecule has 194 valence electrons. The van der Waals surface area contributed by atoms with Crippen LogP contribution in [0.25, 0.3) is 0 Å². The van der Waals surface area contributed by atoms with Gasteiger partial charge in [0, 0.05) is 24.3 Å². The lowest BCUT2D eigenvalue weighted by atomic mass is 9.51. The average molecular weight is 492 g/mol. The lowest BCUT2D eigenvalue weighted by molar-refractivity contribution is -0.114. The Kier molecular flexibility index (Phi) is 7.01.